The third-order valence-electron chi connectivity index (χ3n) is 4.32. The van der Waals surface area contributed by atoms with Crippen LogP contribution in [0, 0.1) is 0 Å². The number of nitrogens with one attached hydrogen (secondary N) is 2. The Labute approximate surface area is 156 Å². The molecule has 1 aliphatic rings. The van der Waals surface area contributed by atoms with Gasteiger partial charge in [0.1, 0.15) is 6.10 Å². The van der Waals surface area contributed by atoms with E-state index in [-0.39, 0.29) is 6.10 Å². The second kappa shape index (κ2) is 10.3. The maximum absolute atomic E-state index is 5.47. The zero-order valence-corrected chi connectivity index (χ0v) is 16.4. The lowest BCUT2D eigenvalue weighted by molar-refractivity contribution is 0.0683. The van der Waals surface area contributed by atoms with Crippen molar-refractivity contribution in [2.45, 2.75) is 52.3 Å². The summed E-state index contributed by atoms with van der Waals surface area (Å²) in [6, 6.07) is 0.416. The van der Waals surface area contributed by atoms with Gasteiger partial charge in [0.05, 0.1) is 6.54 Å². The molecule has 0 amide bonds. The number of aliphatic imine (C=N–C) groups is 1. The van der Waals surface area contributed by atoms with Gasteiger partial charge in [-0.2, -0.15) is 4.98 Å². The number of guanidine groups is 1. The van der Waals surface area contributed by atoms with Crippen molar-refractivity contribution in [3.63, 3.8) is 0 Å². The molecule has 2 rings (SSSR count). The molecule has 1 aromatic rings. The molecule has 8 nitrogen and oxygen atoms in total. The van der Waals surface area contributed by atoms with Gasteiger partial charge in [0.2, 0.25) is 5.89 Å². The van der Waals surface area contributed by atoms with Gasteiger partial charge >= 0.3 is 0 Å². The fourth-order valence-electron chi connectivity index (χ4n) is 2.99. The predicted octanol–water partition coefficient (Wildman–Crippen LogP) is 1.87. The molecule has 26 heavy (non-hydrogen) atoms. The summed E-state index contributed by atoms with van der Waals surface area (Å²) in [5.41, 5.74) is 1.21. The molecule has 1 aromatic heterocycles. The normalized spacial score (nSPS) is 17.9. The molecule has 146 valence electrons. The first-order chi connectivity index (χ1) is 12.5. The van der Waals surface area contributed by atoms with E-state index in [1.165, 1.54) is 5.57 Å². The summed E-state index contributed by atoms with van der Waals surface area (Å²) in [4.78, 5) is 11.1. The summed E-state index contributed by atoms with van der Waals surface area (Å²) in [6.45, 7) is 14.1. The van der Waals surface area contributed by atoms with Crippen LogP contribution in [0.4, 0.5) is 0 Å². The molecule has 1 atom stereocenters. The van der Waals surface area contributed by atoms with Crippen LogP contribution in [-0.2, 0) is 11.3 Å². The van der Waals surface area contributed by atoms with Crippen LogP contribution in [0.2, 0.25) is 0 Å². The Morgan fingerprint density at radius 2 is 2.19 bits per heavy atom. The summed E-state index contributed by atoms with van der Waals surface area (Å²) in [7, 11) is 1.77. The molecule has 2 heterocycles. The first-order valence-corrected chi connectivity index (χ1v) is 9.29. The Kier molecular flexibility index (Phi) is 8.06. The highest BCUT2D eigenvalue weighted by Crippen LogP contribution is 2.13. The van der Waals surface area contributed by atoms with E-state index in [1.807, 2.05) is 13.8 Å². The van der Waals surface area contributed by atoms with E-state index in [0.29, 0.717) is 30.9 Å². The number of aromatic nitrogens is 2. The smallest absolute Gasteiger partial charge is 0.246 e. The first-order valence-electron chi connectivity index (χ1n) is 9.29. The van der Waals surface area contributed by atoms with Gasteiger partial charge in [-0.25, -0.2) is 0 Å². The summed E-state index contributed by atoms with van der Waals surface area (Å²) >= 11 is 0. The third kappa shape index (κ3) is 6.42. The Bertz CT molecular complexity index is 592. The molecule has 0 bridgehead atoms. The lowest BCUT2D eigenvalue weighted by atomic mass is 10.0. The molecule has 1 aliphatic heterocycles. The van der Waals surface area contributed by atoms with Crippen molar-refractivity contribution in [1.82, 2.24) is 25.7 Å². The van der Waals surface area contributed by atoms with Gasteiger partial charge in [-0.15, -0.1) is 0 Å². The molecule has 0 aliphatic carbocycles. The van der Waals surface area contributed by atoms with Crippen molar-refractivity contribution in [3.8, 4) is 0 Å². The zero-order valence-electron chi connectivity index (χ0n) is 16.4. The van der Waals surface area contributed by atoms with Crippen LogP contribution in [0.1, 0.15) is 51.4 Å². The van der Waals surface area contributed by atoms with Crippen LogP contribution < -0.4 is 10.6 Å². The molecule has 1 fully saturated rings. The van der Waals surface area contributed by atoms with E-state index in [4.69, 9.17) is 9.26 Å². The fourth-order valence-corrected chi connectivity index (χ4v) is 2.99. The summed E-state index contributed by atoms with van der Waals surface area (Å²) in [5.74, 6) is 1.84. The standard InChI is InChI=1S/C18H32N6O2/c1-6-25-14(4)17-22-16(26-23-17)11-20-18(19-5)21-15-7-9-24(10-8-15)12-13(2)3/h14-15H,2,6-12H2,1,3-5H3,(H2,19,20,21). The number of hydrogen-bond acceptors (Lipinski definition) is 6. The predicted molar refractivity (Wildman–Crippen MR) is 102 cm³/mol. The first kappa shape index (κ1) is 20.4. The lowest BCUT2D eigenvalue weighted by Gasteiger charge is -2.33. The number of likely N-dealkylation sites (tertiary alicyclic amines) is 1. The number of ether oxygens (including phenoxy) is 1. The highest BCUT2D eigenvalue weighted by Gasteiger charge is 2.20. The van der Waals surface area contributed by atoms with Crippen molar-refractivity contribution >= 4 is 5.96 Å². The Morgan fingerprint density at radius 1 is 1.46 bits per heavy atom. The maximum Gasteiger partial charge on any atom is 0.246 e. The quantitative estimate of drug-likeness (QED) is 0.414. The van der Waals surface area contributed by atoms with Gasteiger partial charge in [0.25, 0.3) is 0 Å². The number of rotatable bonds is 8. The second-order valence-electron chi connectivity index (χ2n) is 6.72. The maximum atomic E-state index is 5.47. The lowest BCUT2D eigenvalue weighted by Crippen LogP contribution is -2.48. The molecule has 1 saturated heterocycles. The van der Waals surface area contributed by atoms with Gasteiger partial charge in [-0.1, -0.05) is 17.3 Å². The summed E-state index contributed by atoms with van der Waals surface area (Å²) < 4.78 is 10.7. The van der Waals surface area contributed by atoms with Gasteiger partial charge in [0.15, 0.2) is 11.8 Å². The molecular formula is C18H32N6O2. The highest BCUT2D eigenvalue weighted by atomic mass is 16.5. The number of hydrogen-bond donors (Lipinski definition) is 2. The molecule has 0 saturated carbocycles. The summed E-state index contributed by atoms with van der Waals surface area (Å²) in [5, 5.41) is 10.7. The average Bonchev–Trinajstić information content (AvgIpc) is 3.09. The molecule has 0 radical (unpaired) electrons. The van der Waals surface area contributed by atoms with Gasteiger partial charge < -0.3 is 19.9 Å². The van der Waals surface area contributed by atoms with Crippen molar-refractivity contribution in [1.29, 1.82) is 0 Å². The van der Waals surface area contributed by atoms with E-state index in [1.54, 1.807) is 7.05 Å². The minimum absolute atomic E-state index is 0.167. The minimum atomic E-state index is -0.167. The van der Waals surface area contributed by atoms with E-state index < -0.39 is 0 Å². The fraction of sp³-hybridized carbons (Fsp3) is 0.722. The number of nitrogens with zero attached hydrogens (tertiary/aromatic N) is 4. The highest BCUT2D eigenvalue weighted by molar-refractivity contribution is 5.79. The SMILES string of the molecule is C=C(C)CN1CCC(NC(=NC)NCc2nc(C(C)OCC)no2)CC1. The van der Waals surface area contributed by atoms with Crippen LogP contribution in [0.5, 0.6) is 0 Å². The van der Waals surface area contributed by atoms with Crippen molar-refractivity contribution < 1.29 is 9.26 Å². The molecule has 8 heteroatoms. The van der Waals surface area contributed by atoms with Crippen LogP contribution in [0.3, 0.4) is 0 Å². The van der Waals surface area contributed by atoms with Gasteiger partial charge in [0, 0.05) is 39.3 Å². The third-order valence-corrected chi connectivity index (χ3v) is 4.32. The Morgan fingerprint density at radius 3 is 2.81 bits per heavy atom. The minimum Gasteiger partial charge on any atom is -0.371 e. The average molecular weight is 364 g/mol. The van der Waals surface area contributed by atoms with E-state index in [0.717, 1.165) is 38.4 Å². The van der Waals surface area contributed by atoms with Crippen LogP contribution in [0.25, 0.3) is 0 Å². The summed E-state index contributed by atoms with van der Waals surface area (Å²) in [6.07, 6.45) is 2.01. The largest absolute Gasteiger partial charge is 0.371 e. The van der Waals surface area contributed by atoms with E-state index in [9.17, 15) is 0 Å². The molecule has 2 N–H and O–H groups in total. The van der Waals surface area contributed by atoms with Gasteiger partial charge in [-0.3, -0.25) is 9.89 Å². The van der Waals surface area contributed by atoms with E-state index in [2.05, 4.69) is 44.2 Å². The molecular weight excluding hydrogens is 332 g/mol. The monoisotopic (exact) mass is 364 g/mol. The van der Waals surface area contributed by atoms with Crippen molar-refractivity contribution in [2.75, 3.05) is 33.3 Å². The van der Waals surface area contributed by atoms with Crippen LogP contribution >= 0.6 is 0 Å². The van der Waals surface area contributed by atoms with Crippen molar-refractivity contribution in [2.24, 2.45) is 4.99 Å². The molecule has 1 unspecified atom stereocenters. The van der Waals surface area contributed by atoms with Crippen LogP contribution in [0.15, 0.2) is 21.7 Å². The van der Waals surface area contributed by atoms with Gasteiger partial charge in [-0.05, 0) is 33.6 Å². The Hall–Kier alpha value is -1.93. The van der Waals surface area contributed by atoms with Crippen molar-refractivity contribution in [3.05, 3.63) is 23.9 Å². The number of piperidine rings is 1. The zero-order chi connectivity index (χ0) is 18.9. The molecule has 0 aromatic carbocycles. The molecule has 0 spiro atoms. The topological polar surface area (TPSA) is 87.8 Å². The Balaban J connectivity index is 1.76. The van der Waals surface area contributed by atoms with Crippen LogP contribution in [-0.4, -0.2) is 60.3 Å². The van der Waals surface area contributed by atoms with E-state index >= 15 is 0 Å². The second-order valence-corrected chi connectivity index (χ2v) is 6.72.